The Bertz CT molecular complexity index is 1550. The van der Waals surface area contributed by atoms with E-state index in [9.17, 15) is 4.79 Å². The molecule has 188 valence electrons. The van der Waals surface area contributed by atoms with Gasteiger partial charge >= 0.3 is 6.09 Å². The van der Waals surface area contributed by atoms with Crippen LogP contribution in [0, 0.1) is 0 Å². The summed E-state index contributed by atoms with van der Waals surface area (Å²) in [4.78, 5) is 15.8. The second-order valence-electron chi connectivity index (χ2n) is 9.08. The van der Waals surface area contributed by atoms with Crippen molar-refractivity contribution < 1.29 is 9.90 Å². The van der Waals surface area contributed by atoms with Gasteiger partial charge in [0, 0.05) is 45.3 Å². The van der Waals surface area contributed by atoms with Gasteiger partial charge < -0.3 is 10.8 Å². The Morgan fingerprint density at radius 2 is 1.61 bits per heavy atom. The van der Waals surface area contributed by atoms with Crippen molar-refractivity contribution >= 4 is 29.1 Å². The maximum absolute atomic E-state index is 10.9. The molecule has 0 saturated carbocycles. The maximum Gasteiger partial charge on any atom is 0.409 e. The van der Waals surface area contributed by atoms with Crippen molar-refractivity contribution in [1.29, 1.82) is 0 Å². The number of pyridine rings is 1. The summed E-state index contributed by atoms with van der Waals surface area (Å²) < 4.78 is 0. The van der Waals surface area contributed by atoms with Crippen LogP contribution in [-0.4, -0.2) is 16.2 Å². The first kappa shape index (κ1) is 25.1. The molecule has 0 radical (unpaired) electrons. The molecule has 5 aromatic rings. The summed E-state index contributed by atoms with van der Waals surface area (Å²) in [5.41, 5.74) is 14.5. The van der Waals surface area contributed by atoms with E-state index >= 15 is 0 Å². The Morgan fingerprint density at radius 3 is 2.32 bits per heavy atom. The Kier molecular flexibility index (Phi) is 7.38. The minimum Gasteiger partial charge on any atom is -0.465 e. The molecule has 1 unspecified atom stereocenters. The smallest absolute Gasteiger partial charge is 0.409 e. The minimum atomic E-state index is -1.08. The third kappa shape index (κ3) is 5.85. The van der Waals surface area contributed by atoms with Gasteiger partial charge in [0.15, 0.2) is 0 Å². The quantitative estimate of drug-likeness (QED) is 0.189. The molecule has 0 aliphatic heterocycles. The predicted molar refractivity (Wildman–Crippen MR) is 155 cm³/mol. The summed E-state index contributed by atoms with van der Waals surface area (Å²) in [6, 6.07) is 35.7. The van der Waals surface area contributed by atoms with Gasteiger partial charge in [-0.25, -0.2) is 4.79 Å². The molecule has 4 aromatic carbocycles. The van der Waals surface area contributed by atoms with E-state index < -0.39 is 6.09 Å². The fraction of sp³-hybridized carbons (Fsp3) is 0.0625. The molecule has 1 heterocycles. The van der Waals surface area contributed by atoms with Crippen molar-refractivity contribution in [3.63, 3.8) is 0 Å². The largest absolute Gasteiger partial charge is 0.465 e. The lowest BCUT2D eigenvalue weighted by Gasteiger charge is -2.19. The molecule has 0 spiro atoms. The summed E-state index contributed by atoms with van der Waals surface area (Å²) in [6.07, 6.45) is 1.56. The highest BCUT2D eigenvalue weighted by Crippen LogP contribution is 2.33. The third-order valence-electron chi connectivity index (χ3n) is 6.51. The Morgan fingerprint density at radius 1 is 0.842 bits per heavy atom. The van der Waals surface area contributed by atoms with Gasteiger partial charge in [-0.3, -0.25) is 10.3 Å². The monoisotopic (exact) mass is 519 g/mol. The first-order valence-corrected chi connectivity index (χ1v) is 12.6. The zero-order valence-electron chi connectivity index (χ0n) is 20.5. The van der Waals surface area contributed by atoms with Crippen molar-refractivity contribution in [2.45, 2.75) is 12.3 Å². The maximum atomic E-state index is 10.9. The van der Waals surface area contributed by atoms with Gasteiger partial charge in [0.05, 0.1) is 0 Å². The number of nitrogens with two attached hydrogens (primary N) is 1. The van der Waals surface area contributed by atoms with E-state index in [1.807, 2.05) is 54.7 Å². The summed E-state index contributed by atoms with van der Waals surface area (Å²) in [7, 11) is 0. The molecule has 5 nitrogen and oxygen atoms in total. The molecule has 1 amide bonds. The van der Waals surface area contributed by atoms with E-state index in [4.69, 9.17) is 27.4 Å². The molecular formula is C32H26ClN3O2. The number of hydrogen-bond donors (Lipinski definition) is 3. The minimum absolute atomic E-state index is 0.0241. The van der Waals surface area contributed by atoms with Gasteiger partial charge in [0.2, 0.25) is 0 Å². The average molecular weight is 520 g/mol. The zero-order chi connectivity index (χ0) is 26.5. The lowest BCUT2D eigenvalue weighted by Crippen LogP contribution is -2.08. The number of anilines is 2. The van der Waals surface area contributed by atoms with Crippen LogP contribution in [0.25, 0.3) is 22.3 Å². The van der Waals surface area contributed by atoms with Crippen LogP contribution in [0.15, 0.2) is 115 Å². The number of halogens is 1. The molecule has 0 saturated heterocycles. The fourth-order valence-electron chi connectivity index (χ4n) is 4.60. The number of nitrogen functional groups attached to an aromatic ring is 1. The first-order valence-electron chi connectivity index (χ1n) is 12.2. The number of carbonyl (C=O) groups is 1. The summed E-state index contributed by atoms with van der Waals surface area (Å²) in [5, 5.41) is 12.0. The number of amides is 1. The predicted octanol–water partition coefficient (Wildman–Crippen LogP) is 8.12. The van der Waals surface area contributed by atoms with Crippen LogP contribution >= 0.6 is 11.6 Å². The number of carboxylic acid groups (broad SMARTS) is 1. The first-order chi connectivity index (χ1) is 18.5. The molecule has 1 atom stereocenters. The van der Waals surface area contributed by atoms with Crippen LogP contribution in [-0.2, 0) is 6.42 Å². The summed E-state index contributed by atoms with van der Waals surface area (Å²) in [6.45, 7) is 0. The molecule has 0 aliphatic rings. The van der Waals surface area contributed by atoms with Crippen molar-refractivity contribution in [3.8, 4) is 22.3 Å². The number of aromatic nitrogens is 1. The van der Waals surface area contributed by atoms with Crippen LogP contribution in [0.4, 0.5) is 16.2 Å². The lowest BCUT2D eigenvalue weighted by atomic mass is 9.87. The second kappa shape index (κ2) is 11.2. The van der Waals surface area contributed by atoms with Crippen molar-refractivity contribution in [3.05, 3.63) is 137 Å². The summed E-state index contributed by atoms with van der Waals surface area (Å²) >= 11 is 6.21. The Balaban J connectivity index is 1.50. The van der Waals surface area contributed by atoms with Crippen molar-refractivity contribution in [1.82, 2.24) is 4.98 Å². The third-order valence-corrected chi connectivity index (χ3v) is 6.75. The Labute approximate surface area is 226 Å². The van der Waals surface area contributed by atoms with Crippen LogP contribution in [0.2, 0.25) is 5.02 Å². The number of hydrogen-bond acceptors (Lipinski definition) is 3. The van der Waals surface area contributed by atoms with E-state index in [1.165, 1.54) is 5.56 Å². The van der Waals surface area contributed by atoms with Crippen LogP contribution in [0.5, 0.6) is 0 Å². The van der Waals surface area contributed by atoms with Crippen LogP contribution < -0.4 is 11.1 Å². The Hall–Kier alpha value is -4.61. The van der Waals surface area contributed by atoms with E-state index in [2.05, 4.69) is 41.7 Å². The van der Waals surface area contributed by atoms with Crippen LogP contribution in [0.1, 0.15) is 22.7 Å². The van der Waals surface area contributed by atoms with Gasteiger partial charge in [0.1, 0.15) is 0 Å². The normalized spacial score (nSPS) is 11.6. The number of nitrogens with zero attached hydrogens (tertiary/aromatic N) is 1. The molecule has 4 N–H and O–H groups in total. The number of nitrogens with one attached hydrogen (secondary N) is 1. The molecule has 6 heteroatoms. The average Bonchev–Trinajstić information content (AvgIpc) is 2.94. The van der Waals surface area contributed by atoms with Gasteiger partial charge in [-0.1, -0.05) is 84.4 Å². The van der Waals surface area contributed by atoms with Crippen molar-refractivity contribution in [2.75, 3.05) is 11.1 Å². The zero-order valence-corrected chi connectivity index (χ0v) is 21.3. The van der Waals surface area contributed by atoms with Gasteiger partial charge in [0.25, 0.3) is 0 Å². The SMILES string of the molecule is Nc1ccc(Cl)cc1-c1ccc(C(Cc2ccccc2)c2cccc(-c3ccc(NC(=O)O)cc3)c2)nc1. The van der Waals surface area contributed by atoms with E-state index in [-0.39, 0.29) is 5.92 Å². The van der Waals surface area contributed by atoms with Gasteiger partial charge in [-0.05, 0) is 65.1 Å². The fourth-order valence-corrected chi connectivity index (χ4v) is 4.77. The van der Waals surface area contributed by atoms with E-state index in [0.29, 0.717) is 16.4 Å². The number of rotatable bonds is 7. The molecule has 5 rings (SSSR count). The highest BCUT2D eigenvalue weighted by Gasteiger charge is 2.18. The lowest BCUT2D eigenvalue weighted by molar-refractivity contribution is 0.209. The molecule has 0 aliphatic carbocycles. The van der Waals surface area contributed by atoms with Crippen molar-refractivity contribution in [2.24, 2.45) is 0 Å². The highest BCUT2D eigenvalue weighted by molar-refractivity contribution is 6.31. The van der Waals surface area contributed by atoms with Gasteiger partial charge in [-0.2, -0.15) is 0 Å². The molecule has 0 fully saturated rings. The molecule has 38 heavy (non-hydrogen) atoms. The molecule has 1 aromatic heterocycles. The van der Waals surface area contributed by atoms with Gasteiger partial charge in [-0.15, -0.1) is 0 Å². The van der Waals surface area contributed by atoms with E-state index in [1.54, 1.807) is 24.3 Å². The molecular weight excluding hydrogens is 494 g/mol. The standard InChI is InChI=1S/C32H26ClN3O2/c33-26-12-15-30(34)28(19-26)25-11-16-31(35-20-25)29(17-21-5-2-1-3-6-21)24-8-4-7-23(18-24)22-9-13-27(14-10-22)36-32(37)38/h1-16,18-20,29,36H,17,34H2,(H,37,38). The van der Waals surface area contributed by atoms with E-state index in [0.717, 1.165) is 39.9 Å². The number of benzene rings is 4. The highest BCUT2D eigenvalue weighted by atomic mass is 35.5. The summed E-state index contributed by atoms with van der Waals surface area (Å²) in [5.74, 6) is 0.0241. The molecule has 0 bridgehead atoms. The second-order valence-corrected chi connectivity index (χ2v) is 9.52. The topological polar surface area (TPSA) is 88.2 Å². The van der Waals surface area contributed by atoms with Crippen LogP contribution in [0.3, 0.4) is 0 Å².